The lowest BCUT2D eigenvalue weighted by Gasteiger charge is -2.22. The largest absolute Gasteiger partial charge is 0.495 e. The fraction of sp³-hybridized carbons (Fsp3) is 0.407. The molecule has 0 spiro atoms. The van der Waals surface area contributed by atoms with Gasteiger partial charge in [0.1, 0.15) is 23.1 Å². The van der Waals surface area contributed by atoms with Crippen molar-refractivity contribution in [1.82, 2.24) is 20.3 Å². The highest BCUT2D eigenvalue weighted by Crippen LogP contribution is 2.43. The standard InChI is InChI=1S/C27H32N6O6S/c1-33-9-5-6-20(33)16-10-23(37-3)26(24(11-16)38-4)40(34,35)32-27-17-12-22(36-2)19(13-21(17)39-31-27)28-25-14-18(29-30-25)15-7-8-15/h10-15,20H,5-9H2,1-4H3,(H,31,32)(H2,28,29,30)/t20-/m0/s1. The average Bonchev–Trinajstić information content (AvgIpc) is 3.34. The van der Waals surface area contributed by atoms with Crippen LogP contribution in [-0.2, 0) is 10.0 Å². The first-order valence-electron chi connectivity index (χ1n) is 13.1. The lowest BCUT2D eigenvalue weighted by molar-refractivity contribution is 0.313. The molecule has 2 fully saturated rings. The van der Waals surface area contributed by atoms with Gasteiger partial charge in [-0.2, -0.15) is 5.10 Å². The van der Waals surface area contributed by atoms with Crippen molar-refractivity contribution in [2.24, 2.45) is 0 Å². The number of nitrogens with one attached hydrogen (secondary N) is 3. The highest BCUT2D eigenvalue weighted by molar-refractivity contribution is 7.93. The van der Waals surface area contributed by atoms with Gasteiger partial charge in [-0.05, 0) is 63.0 Å². The van der Waals surface area contributed by atoms with Gasteiger partial charge in [0.25, 0.3) is 10.0 Å². The summed E-state index contributed by atoms with van der Waals surface area (Å²) in [5, 5.41) is 15.0. The summed E-state index contributed by atoms with van der Waals surface area (Å²) in [4.78, 5) is 2.12. The van der Waals surface area contributed by atoms with Crippen LogP contribution >= 0.6 is 0 Å². The molecule has 4 aromatic rings. The Kier molecular flexibility index (Phi) is 6.70. The number of hydrogen-bond acceptors (Lipinski definition) is 10. The Morgan fingerprint density at radius 1 is 1.00 bits per heavy atom. The average molecular weight is 569 g/mol. The van der Waals surface area contributed by atoms with Gasteiger partial charge in [0.2, 0.25) is 0 Å². The lowest BCUT2D eigenvalue weighted by Crippen LogP contribution is -2.19. The van der Waals surface area contributed by atoms with Gasteiger partial charge >= 0.3 is 0 Å². The van der Waals surface area contributed by atoms with E-state index >= 15 is 0 Å². The predicted octanol–water partition coefficient (Wildman–Crippen LogP) is 4.77. The van der Waals surface area contributed by atoms with Crippen molar-refractivity contribution in [2.45, 2.75) is 42.5 Å². The van der Waals surface area contributed by atoms with E-state index in [1.54, 1.807) is 24.3 Å². The van der Waals surface area contributed by atoms with E-state index in [4.69, 9.17) is 18.7 Å². The summed E-state index contributed by atoms with van der Waals surface area (Å²) in [7, 11) is 2.26. The Labute approximate surface area is 232 Å². The fourth-order valence-electron chi connectivity index (χ4n) is 5.31. The molecule has 1 saturated carbocycles. The van der Waals surface area contributed by atoms with Crippen LogP contribution in [0.5, 0.6) is 17.2 Å². The molecule has 1 aliphatic heterocycles. The number of fused-ring (bicyclic) bond motifs is 1. The summed E-state index contributed by atoms with van der Waals surface area (Å²) in [5.74, 6) is 2.08. The molecule has 6 rings (SSSR count). The number of aromatic nitrogens is 3. The molecular formula is C27H32N6O6S. The third-order valence-electron chi connectivity index (χ3n) is 7.54. The van der Waals surface area contributed by atoms with Gasteiger partial charge < -0.3 is 24.1 Å². The van der Waals surface area contributed by atoms with Gasteiger partial charge in [-0.25, -0.2) is 8.42 Å². The molecule has 3 N–H and O–H groups in total. The molecule has 40 heavy (non-hydrogen) atoms. The van der Waals surface area contributed by atoms with Crippen LogP contribution < -0.4 is 24.2 Å². The van der Waals surface area contributed by atoms with Crippen molar-refractivity contribution in [3.8, 4) is 17.2 Å². The SMILES string of the molecule is COc1cc2c(NS(=O)(=O)c3c(OC)cc([C@@H]4CCCN4C)cc3OC)noc2cc1Nc1cc(C2CC2)n[nH]1. The van der Waals surface area contributed by atoms with Crippen LogP contribution in [0.2, 0.25) is 0 Å². The minimum atomic E-state index is -4.20. The Bertz CT molecular complexity index is 1640. The number of methoxy groups -OCH3 is 3. The van der Waals surface area contributed by atoms with Crippen molar-refractivity contribution in [3.63, 3.8) is 0 Å². The smallest absolute Gasteiger partial charge is 0.270 e. The van der Waals surface area contributed by atoms with Crippen LogP contribution in [0.25, 0.3) is 11.0 Å². The normalized spacial score (nSPS) is 17.8. The number of rotatable bonds is 10. The Hall–Kier alpha value is -3.97. The summed E-state index contributed by atoms with van der Waals surface area (Å²) >= 11 is 0. The molecule has 1 saturated heterocycles. The Morgan fingerprint density at radius 2 is 1.73 bits per heavy atom. The van der Waals surface area contributed by atoms with Crippen LogP contribution in [0.15, 0.2) is 39.8 Å². The molecule has 2 aromatic heterocycles. The number of aromatic amines is 1. The number of ether oxygens (including phenoxy) is 3. The monoisotopic (exact) mass is 568 g/mol. The highest BCUT2D eigenvalue weighted by atomic mass is 32.2. The van der Waals surface area contributed by atoms with Gasteiger partial charge in [0.05, 0.1) is 38.1 Å². The van der Waals surface area contributed by atoms with Crippen LogP contribution in [-0.4, -0.2) is 63.6 Å². The molecule has 2 aliphatic rings. The van der Waals surface area contributed by atoms with Crippen molar-refractivity contribution in [1.29, 1.82) is 0 Å². The molecule has 212 valence electrons. The number of likely N-dealkylation sites (tertiary alicyclic amines) is 1. The first kappa shape index (κ1) is 26.3. The van der Waals surface area contributed by atoms with Gasteiger partial charge in [0, 0.05) is 24.1 Å². The summed E-state index contributed by atoms with van der Waals surface area (Å²) in [6, 6.07) is 9.01. The number of hydrogen-bond donors (Lipinski definition) is 3. The van der Waals surface area contributed by atoms with Crippen LogP contribution in [0.4, 0.5) is 17.3 Å². The van der Waals surface area contributed by atoms with Crippen LogP contribution in [0.1, 0.15) is 48.9 Å². The number of anilines is 3. The van der Waals surface area contributed by atoms with Gasteiger partial charge in [0.15, 0.2) is 16.3 Å². The number of H-pyrrole nitrogens is 1. The quantitative estimate of drug-likeness (QED) is 0.245. The summed E-state index contributed by atoms with van der Waals surface area (Å²) in [5.41, 5.74) is 2.93. The first-order chi connectivity index (χ1) is 19.3. The van der Waals surface area contributed by atoms with E-state index in [0.29, 0.717) is 34.1 Å². The molecule has 0 bridgehead atoms. The minimum absolute atomic E-state index is 0.0149. The zero-order chi connectivity index (χ0) is 28.0. The van der Waals surface area contributed by atoms with E-state index in [1.165, 1.54) is 21.3 Å². The molecule has 1 aliphatic carbocycles. The molecule has 3 heterocycles. The molecule has 1 atom stereocenters. The van der Waals surface area contributed by atoms with E-state index in [9.17, 15) is 8.42 Å². The Morgan fingerprint density at radius 3 is 2.35 bits per heavy atom. The van der Waals surface area contributed by atoms with E-state index in [-0.39, 0.29) is 28.3 Å². The van der Waals surface area contributed by atoms with E-state index in [2.05, 4.69) is 30.3 Å². The summed E-state index contributed by atoms with van der Waals surface area (Å²) < 4.78 is 52.2. The van der Waals surface area contributed by atoms with Crippen molar-refractivity contribution >= 4 is 38.3 Å². The summed E-state index contributed by atoms with van der Waals surface area (Å²) in [6.07, 6.45) is 4.34. The van der Waals surface area contributed by atoms with Crippen molar-refractivity contribution in [3.05, 3.63) is 41.6 Å². The fourth-order valence-corrected chi connectivity index (χ4v) is 6.62. The maximum Gasteiger partial charge on any atom is 0.270 e. The van der Waals surface area contributed by atoms with Crippen molar-refractivity contribution in [2.75, 3.05) is 45.0 Å². The zero-order valence-corrected chi connectivity index (χ0v) is 23.6. The van der Waals surface area contributed by atoms with Crippen LogP contribution in [0.3, 0.4) is 0 Å². The van der Waals surface area contributed by atoms with Crippen LogP contribution in [0, 0.1) is 0 Å². The number of benzene rings is 2. The molecule has 0 radical (unpaired) electrons. The second kappa shape index (κ2) is 10.2. The van der Waals surface area contributed by atoms with E-state index in [0.717, 1.165) is 43.5 Å². The predicted molar refractivity (Wildman–Crippen MR) is 149 cm³/mol. The second-order valence-corrected chi connectivity index (χ2v) is 11.8. The molecule has 13 heteroatoms. The second-order valence-electron chi connectivity index (χ2n) is 10.2. The lowest BCUT2D eigenvalue weighted by atomic mass is 10.0. The van der Waals surface area contributed by atoms with E-state index in [1.807, 2.05) is 13.1 Å². The van der Waals surface area contributed by atoms with E-state index < -0.39 is 10.0 Å². The molecule has 2 aromatic carbocycles. The number of sulfonamides is 1. The molecule has 12 nitrogen and oxygen atoms in total. The third kappa shape index (κ3) is 4.79. The summed E-state index contributed by atoms with van der Waals surface area (Å²) in [6.45, 7) is 0.972. The third-order valence-corrected chi connectivity index (χ3v) is 8.94. The maximum absolute atomic E-state index is 13.7. The Balaban J connectivity index is 1.32. The molecule has 0 unspecified atom stereocenters. The molecule has 0 amide bonds. The zero-order valence-electron chi connectivity index (χ0n) is 22.8. The van der Waals surface area contributed by atoms with Crippen molar-refractivity contribution < 1.29 is 27.2 Å². The number of nitrogens with zero attached hydrogens (tertiary/aromatic N) is 3. The topological polar surface area (TPSA) is 144 Å². The minimum Gasteiger partial charge on any atom is -0.495 e. The van der Waals surface area contributed by atoms with Gasteiger partial charge in [-0.15, -0.1) is 0 Å². The van der Waals surface area contributed by atoms with Gasteiger partial charge in [-0.1, -0.05) is 5.16 Å². The first-order valence-corrected chi connectivity index (χ1v) is 14.6. The van der Waals surface area contributed by atoms with Gasteiger partial charge in [-0.3, -0.25) is 14.7 Å². The molecular weight excluding hydrogens is 536 g/mol. The maximum atomic E-state index is 13.7. The highest BCUT2D eigenvalue weighted by Gasteiger charge is 2.31.